The summed E-state index contributed by atoms with van der Waals surface area (Å²) >= 11 is 0. The van der Waals surface area contributed by atoms with Crippen molar-refractivity contribution >= 4 is 70.0 Å². The zero-order chi connectivity index (χ0) is 35.1. The maximum Gasteiger partial charge on any atom is 0.208 e. The minimum Gasteiger partial charge on any atom is -0.341 e. The summed E-state index contributed by atoms with van der Waals surface area (Å²) in [5.41, 5.74) is 5.85. The number of aryl methyl sites for hydroxylation is 2. The topological polar surface area (TPSA) is 61.1 Å². The van der Waals surface area contributed by atoms with Crippen LogP contribution in [-0.4, -0.2) is 23.3 Å². The average molecular weight is 685 g/mol. The van der Waals surface area contributed by atoms with E-state index in [0.717, 1.165) is 13.1 Å². The average Bonchev–Trinajstić information content (AvgIpc) is 3.70. The Balaban J connectivity index is 0.000000111. The van der Waals surface area contributed by atoms with Gasteiger partial charge in [0.05, 0.1) is 9.79 Å². The zero-order valence-electron chi connectivity index (χ0n) is 28.5. The largest absolute Gasteiger partial charge is 0.341 e. The van der Waals surface area contributed by atoms with Crippen LogP contribution < -0.4 is 0 Å². The third-order valence-corrected chi connectivity index (χ3v) is 11.7. The van der Waals surface area contributed by atoms with Gasteiger partial charge in [-0.15, -0.1) is 0 Å². The summed E-state index contributed by atoms with van der Waals surface area (Å²) in [5, 5.41) is 8.12. The highest BCUT2D eigenvalue weighted by Crippen LogP contribution is 2.35. The zero-order valence-corrected chi connectivity index (χ0v) is 29.3. The fourth-order valence-electron chi connectivity index (χ4n) is 7.54. The number of ketones is 1. The van der Waals surface area contributed by atoms with Gasteiger partial charge in [0.1, 0.15) is 0 Å². The van der Waals surface area contributed by atoms with Crippen molar-refractivity contribution in [2.24, 2.45) is 0 Å². The van der Waals surface area contributed by atoms with Crippen molar-refractivity contribution in [2.45, 2.75) is 36.7 Å². The summed E-state index contributed by atoms with van der Waals surface area (Å²) in [5.74, 6) is -0.231. The molecule has 0 amide bonds. The number of fused-ring (bicyclic) bond motifs is 10. The second-order valence-electron chi connectivity index (χ2n) is 12.5. The van der Waals surface area contributed by atoms with E-state index in [4.69, 9.17) is 0 Å². The fourth-order valence-corrected chi connectivity index (χ4v) is 9.20. The molecule has 0 atom stereocenters. The van der Waals surface area contributed by atoms with E-state index in [2.05, 4.69) is 132 Å². The van der Waals surface area contributed by atoms with Crippen molar-refractivity contribution < 1.29 is 13.2 Å². The minimum absolute atomic E-state index is 0.101. The van der Waals surface area contributed by atoms with Crippen molar-refractivity contribution in [3.63, 3.8) is 0 Å². The molecule has 0 N–H and O–H groups in total. The summed E-state index contributed by atoms with van der Waals surface area (Å²) in [6.07, 6.45) is 0. The molecule has 2 aromatic heterocycles. The van der Waals surface area contributed by atoms with E-state index < -0.39 is 9.84 Å². The number of carbonyl (C=O) groups excluding carboxylic acids is 1. The maximum atomic E-state index is 12.3. The highest BCUT2D eigenvalue weighted by molar-refractivity contribution is 7.91. The summed E-state index contributed by atoms with van der Waals surface area (Å²) < 4.78 is 29.3. The molecule has 1 aliphatic rings. The molecule has 0 radical (unpaired) electrons. The predicted molar refractivity (Wildman–Crippen MR) is 210 cm³/mol. The van der Waals surface area contributed by atoms with E-state index in [9.17, 15) is 13.2 Å². The molecule has 0 aliphatic carbocycles. The van der Waals surface area contributed by atoms with Crippen LogP contribution in [0.25, 0.3) is 54.4 Å². The second-order valence-corrected chi connectivity index (χ2v) is 14.4. The van der Waals surface area contributed by atoms with Gasteiger partial charge in [0, 0.05) is 67.8 Å². The molecule has 0 fully saturated rings. The second kappa shape index (κ2) is 13.0. The molecule has 0 saturated heterocycles. The number of aromatic nitrogens is 2. The lowest BCUT2D eigenvalue weighted by Gasteiger charge is -2.17. The highest BCUT2D eigenvalue weighted by Gasteiger charge is 2.33. The lowest BCUT2D eigenvalue weighted by atomic mass is 10.0. The predicted octanol–water partition coefficient (Wildman–Crippen LogP) is 10.8. The Labute approximate surface area is 296 Å². The maximum absolute atomic E-state index is 12.3. The monoisotopic (exact) mass is 684 g/mol. The quantitative estimate of drug-likeness (QED) is 0.182. The van der Waals surface area contributed by atoms with Crippen LogP contribution in [0.5, 0.6) is 0 Å². The molecular formula is C45H36N2O3S. The van der Waals surface area contributed by atoms with Crippen molar-refractivity contribution in [2.75, 3.05) is 0 Å². The summed E-state index contributed by atoms with van der Waals surface area (Å²) in [6, 6.07) is 51.6. The van der Waals surface area contributed by atoms with Gasteiger partial charge in [-0.3, -0.25) is 4.79 Å². The van der Waals surface area contributed by atoms with Gasteiger partial charge in [-0.05, 0) is 73.2 Å². The minimum atomic E-state index is -3.56. The van der Waals surface area contributed by atoms with E-state index in [1.165, 1.54) is 66.5 Å². The van der Waals surface area contributed by atoms with Crippen molar-refractivity contribution in [1.82, 2.24) is 9.13 Å². The van der Waals surface area contributed by atoms with Crippen LogP contribution in [0.2, 0.25) is 0 Å². The first-order chi connectivity index (χ1) is 24.9. The molecule has 51 heavy (non-hydrogen) atoms. The lowest BCUT2D eigenvalue weighted by molar-refractivity contribution is 0.103. The standard InChI is InChI=1S/C18H15N.C14H13N.C13H8O3S/c1-2-19-16-10-6-5-9-15(16)18-14-8-4-3-7-13(14)11-12-17(18)19;1-2-15-13-9-5-3-7-11(13)12-8-4-6-10-14(12)15;14-13-9-5-1-3-7-11(9)17(15,16)12-8-4-2-6-10(12)13/h3-12H,2H2,1H3;3-10H,2H2,1H3;1-8H. The fraction of sp³-hybridized carbons (Fsp3) is 0.0889. The molecule has 9 aromatic rings. The van der Waals surface area contributed by atoms with Crippen LogP contribution in [0.1, 0.15) is 29.8 Å². The molecule has 0 saturated carbocycles. The van der Waals surface area contributed by atoms with Gasteiger partial charge in [0.25, 0.3) is 0 Å². The van der Waals surface area contributed by atoms with E-state index >= 15 is 0 Å². The van der Waals surface area contributed by atoms with E-state index in [1.54, 1.807) is 36.4 Å². The number of para-hydroxylation sites is 3. The summed E-state index contributed by atoms with van der Waals surface area (Å²) in [6.45, 7) is 6.43. The highest BCUT2D eigenvalue weighted by atomic mass is 32.2. The number of benzene rings is 7. The summed E-state index contributed by atoms with van der Waals surface area (Å²) in [7, 11) is -3.56. The normalized spacial score (nSPS) is 13.0. The molecule has 10 rings (SSSR count). The number of nitrogens with zero attached hydrogens (tertiary/aromatic N) is 2. The molecule has 1 aliphatic heterocycles. The third-order valence-electron chi connectivity index (χ3n) is 9.82. The van der Waals surface area contributed by atoms with Gasteiger partial charge in [0.15, 0.2) is 5.78 Å². The van der Waals surface area contributed by atoms with E-state index in [0.29, 0.717) is 0 Å². The first-order valence-electron chi connectivity index (χ1n) is 17.3. The Hall–Kier alpha value is -5.98. The first kappa shape index (κ1) is 32.2. The molecule has 0 spiro atoms. The Bertz CT molecular complexity index is 2770. The molecule has 0 bridgehead atoms. The molecular weight excluding hydrogens is 649 g/mol. The van der Waals surface area contributed by atoms with Crippen molar-refractivity contribution in [1.29, 1.82) is 0 Å². The van der Waals surface area contributed by atoms with Gasteiger partial charge in [-0.1, -0.05) is 109 Å². The van der Waals surface area contributed by atoms with Crippen LogP contribution in [0.3, 0.4) is 0 Å². The molecule has 7 aromatic carbocycles. The Kier molecular flexibility index (Phi) is 8.25. The van der Waals surface area contributed by atoms with Crippen molar-refractivity contribution in [3.05, 3.63) is 169 Å². The smallest absolute Gasteiger partial charge is 0.208 e. The SMILES string of the molecule is CCn1c2ccccc2c2c3ccccc3ccc21.CCn1c2ccccc2c2ccccc21.O=C1c2ccccc2S(=O)(=O)c2ccccc21. The van der Waals surface area contributed by atoms with Gasteiger partial charge >= 0.3 is 0 Å². The van der Waals surface area contributed by atoms with Crippen LogP contribution in [0, 0.1) is 0 Å². The van der Waals surface area contributed by atoms with Crippen molar-refractivity contribution in [3.8, 4) is 0 Å². The third kappa shape index (κ3) is 5.31. The summed E-state index contributed by atoms with van der Waals surface area (Å²) in [4.78, 5) is 12.3. The number of hydrogen-bond acceptors (Lipinski definition) is 3. The van der Waals surface area contributed by atoms with E-state index in [-0.39, 0.29) is 26.7 Å². The van der Waals surface area contributed by atoms with Crippen LogP contribution >= 0.6 is 0 Å². The van der Waals surface area contributed by atoms with Gasteiger partial charge in [0.2, 0.25) is 9.84 Å². The van der Waals surface area contributed by atoms with Crippen LogP contribution in [0.4, 0.5) is 0 Å². The Morgan fingerprint density at radius 2 is 0.843 bits per heavy atom. The molecule has 6 heteroatoms. The van der Waals surface area contributed by atoms with Crippen LogP contribution in [-0.2, 0) is 22.9 Å². The first-order valence-corrected chi connectivity index (χ1v) is 18.7. The van der Waals surface area contributed by atoms with E-state index in [1.807, 2.05) is 0 Å². The molecule has 3 heterocycles. The number of hydrogen-bond donors (Lipinski definition) is 0. The molecule has 5 nitrogen and oxygen atoms in total. The molecule has 250 valence electrons. The van der Waals surface area contributed by atoms with Crippen LogP contribution in [0.15, 0.2) is 168 Å². The Morgan fingerprint density at radius 1 is 0.431 bits per heavy atom. The van der Waals surface area contributed by atoms with Gasteiger partial charge in [-0.2, -0.15) is 0 Å². The Morgan fingerprint density at radius 3 is 1.39 bits per heavy atom. The van der Waals surface area contributed by atoms with Gasteiger partial charge < -0.3 is 9.13 Å². The number of rotatable bonds is 2. The van der Waals surface area contributed by atoms with Gasteiger partial charge in [-0.25, -0.2) is 8.42 Å². The molecule has 0 unspecified atom stereocenters. The lowest BCUT2D eigenvalue weighted by Crippen LogP contribution is -2.19. The number of sulfone groups is 1. The number of carbonyl (C=O) groups is 1.